The fourth-order valence-electron chi connectivity index (χ4n) is 1.28. The molecule has 2 heterocycles. The van der Waals surface area contributed by atoms with Gasteiger partial charge in [-0.2, -0.15) is 0 Å². The molecule has 1 amide bonds. The number of anilines is 1. The summed E-state index contributed by atoms with van der Waals surface area (Å²) in [5.74, 6) is -0.270. The first kappa shape index (κ1) is 11.9. The molecule has 1 N–H and O–H groups in total. The molecule has 0 atom stereocenters. The minimum atomic E-state index is -0.270. The van der Waals surface area contributed by atoms with Crippen LogP contribution in [0, 0.1) is 13.8 Å². The van der Waals surface area contributed by atoms with Crippen molar-refractivity contribution in [2.75, 3.05) is 5.32 Å². The summed E-state index contributed by atoms with van der Waals surface area (Å²) < 4.78 is 0. The largest absolute Gasteiger partial charge is 0.296 e. The number of aromatic nitrogens is 3. The number of carbonyl (C=O) groups excluding carboxylic acids is 1. The molecular formula is C10H9ClN4OS. The van der Waals surface area contributed by atoms with E-state index in [0.29, 0.717) is 21.5 Å². The molecular weight excluding hydrogens is 260 g/mol. The number of amides is 1. The van der Waals surface area contributed by atoms with Gasteiger partial charge in [0.1, 0.15) is 10.2 Å². The molecule has 0 bridgehead atoms. The van der Waals surface area contributed by atoms with Crippen LogP contribution in [0.15, 0.2) is 12.1 Å². The molecule has 0 spiro atoms. The molecule has 17 heavy (non-hydrogen) atoms. The van der Waals surface area contributed by atoms with Crippen LogP contribution >= 0.6 is 22.9 Å². The highest BCUT2D eigenvalue weighted by molar-refractivity contribution is 7.15. The Morgan fingerprint density at radius 2 is 2.12 bits per heavy atom. The van der Waals surface area contributed by atoms with Gasteiger partial charge in [0.15, 0.2) is 0 Å². The summed E-state index contributed by atoms with van der Waals surface area (Å²) >= 11 is 7.10. The summed E-state index contributed by atoms with van der Waals surface area (Å²) in [7, 11) is 0. The Kier molecular flexibility index (Phi) is 3.35. The summed E-state index contributed by atoms with van der Waals surface area (Å²) in [5, 5.41) is 11.8. The summed E-state index contributed by atoms with van der Waals surface area (Å²) in [6.07, 6.45) is 0. The van der Waals surface area contributed by atoms with Gasteiger partial charge in [0, 0.05) is 11.3 Å². The van der Waals surface area contributed by atoms with E-state index >= 15 is 0 Å². The predicted molar refractivity (Wildman–Crippen MR) is 66.6 cm³/mol. The van der Waals surface area contributed by atoms with Gasteiger partial charge in [-0.1, -0.05) is 22.9 Å². The molecule has 5 nitrogen and oxygen atoms in total. The van der Waals surface area contributed by atoms with Crippen molar-refractivity contribution in [3.05, 3.63) is 33.6 Å². The quantitative estimate of drug-likeness (QED) is 0.850. The second kappa shape index (κ2) is 4.77. The van der Waals surface area contributed by atoms with Crippen molar-refractivity contribution in [1.82, 2.24) is 15.2 Å². The second-order valence-corrected chi connectivity index (χ2v) is 4.97. The molecule has 0 unspecified atom stereocenters. The van der Waals surface area contributed by atoms with E-state index in [9.17, 15) is 4.79 Å². The maximum atomic E-state index is 11.9. The second-order valence-electron chi connectivity index (χ2n) is 3.40. The molecule has 0 saturated heterocycles. The van der Waals surface area contributed by atoms with E-state index in [2.05, 4.69) is 20.5 Å². The van der Waals surface area contributed by atoms with Crippen molar-refractivity contribution in [3.63, 3.8) is 0 Å². The molecule has 0 aliphatic rings. The van der Waals surface area contributed by atoms with Crippen molar-refractivity contribution < 1.29 is 4.79 Å². The molecule has 0 fully saturated rings. The lowest BCUT2D eigenvalue weighted by Gasteiger charge is -2.02. The van der Waals surface area contributed by atoms with E-state index in [1.165, 1.54) is 17.4 Å². The number of halogens is 1. The van der Waals surface area contributed by atoms with Crippen LogP contribution < -0.4 is 5.32 Å². The van der Waals surface area contributed by atoms with Crippen LogP contribution in [0.4, 0.5) is 5.13 Å². The van der Waals surface area contributed by atoms with E-state index in [0.717, 1.165) is 5.01 Å². The maximum Gasteiger partial charge on any atom is 0.257 e. The molecule has 0 radical (unpaired) electrons. The SMILES string of the molecule is Cc1cc(C(=O)Nc2nnc(C)s2)cc(Cl)n1. The predicted octanol–water partition coefficient (Wildman–Crippen LogP) is 2.46. The normalized spacial score (nSPS) is 10.3. The Morgan fingerprint density at radius 3 is 2.71 bits per heavy atom. The highest BCUT2D eigenvalue weighted by Crippen LogP contribution is 2.16. The van der Waals surface area contributed by atoms with Gasteiger partial charge in [0.2, 0.25) is 5.13 Å². The summed E-state index contributed by atoms with van der Waals surface area (Å²) in [5.41, 5.74) is 1.14. The lowest BCUT2D eigenvalue weighted by Crippen LogP contribution is -2.12. The van der Waals surface area contributed by atoms with Crippen molar-refractivity contribution in [2.24, 2.45) is 0 Å². The number of aryl methyl sites for hydroxylation is 2. The Labute approximate surface area is 107 Å². The van der Waals surface area contributed by atoms with Crippen LogP contribution in [0.1, 0.15) is 21.1 Å². The summed E-state index contributed by atoms with van der Waals surface area (Å²) in [6.45, 7) is 3.60. The molecule has 7 heteroatoms. The number of rotatable bonds is 2. The van der Waals surface area contributed by atoms with Gasteiger partial charge in [0.25, 0.3) is 5.91 Å². The topological polar surface area (TPSA) is 67.8 Å². The lowest BCUT2D eigenvalue weighted by molar-refractivity contribution is 0.102. The first-order chi connectivity index (χ1) is 8.04. The van der Waals surface area contributed by atoms with Crippen LogP contribution in [0.3, 0.4) is 0 Å². The van der Waals surface area contributed by atoms with E-state index in [1.54, 1.807) is 13.0 Å². The average Bonchev–Trinajstić information content (AvgIpc) is 2.62. The van der Waals surface area contributed by atoms with Gasteiger partial charge < -0.3 is 0 Å². The van der Waals surface area contributed by atoms with E-state index in [1.807, 2.05) is 6.92 Å². The number of pyridine rings is 1. The van der Waals surface area contributed by atoms with Crippen LogP contribution in [-0.2, 0) is 0 Å². The number of hydrogen-bond donors (Lipinski definition) is 1. The van der Waals surface area contributed by atoms with Crippen LogP contribution in [0.25, 0.3) is 0 Å². The van der Waals surface area contributed by atoms with Crippen LogP contribution in [0.2, 0.25) is 5.15 Å². The van der Waals surface area contributed by atoms with Crippen molar-refractivity contribution in [1.29, 1.82) is 0 Å². The Hall–Kier alpha value is -1.53. The fourth-order valence-corrected chi connectivity index (χ4v) is 2.11. The standard InChI is InChI=1S/C10H9ClN4OS/c1-5-3-7(4-8(11)12-5)9(16)13-10-15-14-6(2)17-10/h3-4H,1-2H3,(H,13,15,16). The zero-order valence-electron chi connectivity index (χ0n) is 9.19. The van der Waals surface area contributed by atoms with Gasteiger partial charge in [-0.15, -0.1) is 10.2 Å². The van der Waals surface area contributed by atoms with Gasteiger partial charge >= 0.3 is 0 Å². The Balaban J connectivity index is 2.19. The van der Waals surface area contributed by atoms with Gasteiger partial charge in [0.05, 0.1) is 0 Å². The molecule has 0 saturated carbocycles. The van der Waals surface area contributed by atoms with Gasteiger partial charge in [-0.25, -0.2) is 4.98 Å². The zero-order valence-corrected chi connectivity index (χ0v) is 10.8. The average molecular weight is 269 g/mol. The van der Waals surface area contributed by atoms with E-state index in [4.69, 9.17) is 11.6 Å². The van der Waals surface area contributed by atoms with Crippen molar-refractivity contribution in [2.45, 2.75) is 13.8 Å². The number of carbonyl (C=O) groups is 1. The molecule has 88 valence electrons. The molecule has 0 aliphatic heterocycles. The third-order valence-corrected chi connectivity index (χ3v) is 2.88. The number of hydrogen-bond acceptors (Lipinski definition) is 5. The fraction of sp³-hybridized carbons (Fsp3) is 0.200. The molecule has 2 aromatic heterocycles. The Morgan fingerprint density at radius 1 is 1.35 bits per heavy atom. The maximum absolute atomic E-state index is 11.9. The summed E-state index contributed by atoms with van der Waals surface area (Å²) in [6, 6.07) is 3.17. The molecule has 2 aromatic rings. The third kappa shape index (κ3) is 2.98. The third-order valence-electron chi connectivity index (χ3n) is 1.93. The minimum Gasteiger partial charge on any atom is -0.296 e. The summed E-state index contributed by atoms with van der Waals surface area (Å²) in [4.78, 5) is 15.9. The van der Waals surface area contributed by atoms with E-state index < -0.39 is 0 Å². The van der Waals surface area contributed by atoms with Crippen molar-refractivity contribution in [3.8, 4) is 0 Å². The number of nitrogens with zero attached hydrogens (tertiary/aromatic N) is 3. The lowest BCUT2D eigenvalue weighted by atomic mass is 10.2. The highest BCUT2D eigenvalue weighted by Gasteiger charge is 2.10. The molecule has 2 rings (SSSR count). The minimum absolute atomic E-state index is 0.270. The monoisotopic (exact) mass is 268 g/mol. The Bertz CT molecular complexity index is 549. The molecule has 0 aromatic carbocycles. The van der Waals surface area contributed by atoms with Crippen LogP contribution in [0.5, 0.6) is 0 Å². The van der Waals surface area contributed by atoms with Crippen molar-refractivity contribution >= 4 is 34.0 Å². The smallest absolute Gasteiger partial charge is 0.257 e. The zero-order chi connectivity index (χ0) is 12.4. The number of nitrogens with one attached hydrogen (secondary N) is 1. The van der Waals surface area contributed by atoms with Gasteiger partial charge in [-0.3, -0.25) is 10.1 Å². The first-order valence-electron chi connectivity index (χ1n) is 4.80. The first-order valence-corrected chi connectivity index (χ1v) is 5.99. The van der Waals surface area contributed by atoms with E-state index in [-0.39, 0.29) is 5.91 Å². The highest BCUT2D eigenvalue weighted by atomic mass is 35.5. The van der Waals surface area contributed by atoms with Gasteiger partial charge in [-0.05, 0) is 26.0 Å². The molecule has 0 aliphatic carbocycles. The van der Waals surface area contributed by atoms with Crippen LogP contribution in [-0.4, -0.2) is 21.1 Å².